The van der Waals surface area contributed by atoms with Gasteiger partial charge in [-0.25, -0.2) is 0 Å². The maximum atomic E-state index is 11.1. The quantitative estimate of drug-likeness (QED) is 0.477. The minimum Gasteiger partial charge on any atom is -0.505 e. The van der Waals surface area contributed by atoms with Crippen molar-refractivity contribution < 1.29 is 9.84 Å². The lowest BCUT2D eigenvalue weighted by atomic mass is 9.93. The van der Waals surface area contributed by atoms with E-state index in [1.54, 1.807) is 6.20 Å². The number of pyridine rings is 1. The number of para-hydroxylation sites is 1. The van der Waals surface area contributed by atoms with Gasteiger partial charge in [0.1, 0.15) is 17.0 Å². The summed E-state index contributed by atoms with van der Waals surface area (Å²) >= 11 is 0. The number of aromatic nitrogens is 1. The number of benzene rings is 3. The number of ether oxygens (including phenoxy) is 1. The van der Waals surface area contributed by atoms with Gasteiger partial charge in [-0.15, -0.1) is 0 Å². The molecule has 0 saturated carbocycles. The van der Waals surface area contributed by atoms with Crippen LogP contribution in [0.1, 0.15) is 6.92 Å². The first kappa shape index (κ1) is 18.8. The van der Waals surface area contributed by atoms with E-state index in [4.69, 9.17) is 4.74 Å². The Morgan fingerprint density at radius 3 is 2.38 bits per heavy atom. The molecule has 0 aliphatic carbocycles. The molecule has 0 spiro atoms. The molecule has 0 aliphatic heterocycles. The van der Waals surface area contributed by atoms with Gasteiger partial charge >= 0.3 is 0 Å². The molecule has 0 fully saturated rings. The molecular weight excluding hydrogens is 360 g/mol. The second-order valence-electron chi connectivity index (χ2n) is 7.09. The van der Waals surface area contributed by atoms with E-state index in [1.807, 2.05) is 63.5 Å². The molecule has 4 nitrogen and oxygen atoms in total. The van der Waals surface area contributed by atoms with Crippen LogP contribution in [-0.4, -0.2) is 30.8 Å². The van der Waals surface area contributed by atoms with Crippen molar-refractivity contribution in [2.75, 3.05) is 25.6 Å². The SMILES string of the molecule is CCOc1ccccc1-c1cc(-c2ccc(N(C)C)cc2)c2cccnc2c1O. The smallest absolute Gasteiger partial charge is 0.149 e. The highest BCUT2D eigenvalue weighted by Crippen LogP contribution is 2.43. The average molecular weight is 384 g/mol. The zero-order valence-electron chi connectivity index (χ0n) is 16.9. The average Bonchev–Trinajstić information content (AvgIpc) is 2.75. The topological polar surface area (TPSA) is 45.6 Å². The van der Waals surface area contributed by atoms with Crippen LogP contribution in [0.15, 0.2) is 72.9 Å². The third-order valence-corrected chi connectivity index (χ3v) is 5.04. The van der Waals surface area contributed by atoms with Gasteiger partial charge in [0, 0.05) is 42.5 Å². The first-order valence-corrected chi connectivity index (χ1v) is 9.70. The normalized spacial score (nSPS) is 10.9. The molecule has 0 aliphatic rings. The molecule has 4 rings (SSSR count). The fraction of sp³-hybridized carbons (Fsp3) is 0.160. The summed E-state index contributed by atoms with van der Waals surface area (Å²) in [4.78, 5) is 6.55. The van der Waals surface area contributed by atoms with Gasteiger partial charge in [-0.05, 0) is 48.4 Å². The molecule has 146 valence electrons. The lowest BCUT2D eigenvalue weighted by Gasteiger charge is -2.17. The molecule has 0 bridgehead atoms. The molecule has 1 heterocycles. The van der Waals surface area contributed by atoms with Crippen LogP contribution in [-0.2, 0) is 0 Å². The highest BCUT2D eigenvalue weighted by atomic mass is 16.5. The summed E-state index contributed by atoms with van der Waals surface area (Å²) in [5.41, 5.74) is 5.39. The lowest BCUT2D eigenvalue weighted by molar-refractivity contribution is 0.341. The number of phenolic OH excluding ortho intramolecular Hbond substituents is 1. The van der Waals surface area contributed by atoms with Gasteiger partial charge in [-0.3, -0.25) is 4.98 Å². The van der Waals surface area contributed by atoms with E-state index in [9.17, 15) is 5.11 Å². The van der Waals surface area contributed by atoms with Crippen LogP contribution in [0.2, 0.25) is 0 Å². The van der Waals surface area contributed by atoms with E-state index in [0.29, 0.717) is 17.7 Å². The van der Waals surface area contributed by atoms with E-state index >= 15 is 0 Å². The van der Waals surface area contributed by atoms with Crippen LogP contribution in [0, 0.1) is 0 Å². The molecule has 0 saturated heterocycles. The number of hydrogen-bond donors (Lipinski definition) is 1. The molecule has 0 atom stereocenters. The Kier molecular flexibility index (Phi) is 5.09. The molecule has 29 heavy (non-hydrogen) atoms. The summed E-state index contributed by atoms with van der Waals surface area (Å²) in [5.74, 6) is 0.913. The van der Waals surface area contributed by atoms with Crippen LogP contribution in [0.5, 0.6) is 11.5 Å². The van der Waals surface area contributed by atoms with E-state index < -0.39 is 0 Å². The minimum atomic E-state index is 0.168. The van der Waals surface area contributed by atoms with E-state index in [2.05, 4.69) is 34.1 Å². The highest BCUT2D eigenvalue weighted by molar-refractivity contribution is 6.03. The molecule has 3 aromatic carbocycles. The van der Waals surface area contributed by atoms with Crippen molar-refractivity contribution in [1.82, 2.24) is 4.98 Å². The molecule has 0 unspecified atom stereocenters. The molecule has 1 N–H and O–H groups in total. The second-order valence-corrected chi connectivity index (χ2v) is 7.09. The van der Waals surface area contributed by atoms with Crippen molar-refractivity contribution in [1.29, 1.82) is 0 Å². The summed E-state index contributed by atoms with van der Waals surface area (Å²) in [7, 11) is 4.05. The van der Waals surface area contributed by atoms with Crippen LogP contribution in [0.25, 0.3) is 33.2 Å². The van der Waals surface area contributed by atoms with E-state index in [1.165, 1.54) is 0 Å². The Morgan fingerprint density at radius 1 is 0.897 bits per heavy atom. The van der Waals surface area contributed by atoms with Crippen LogP contribution in [0.3, 0.4) is 0 Å². The summed E-state index contributed by atoms with van der Waals surface area (Å²) in [6.45, 7) is 2.51. The summed E-state index contributed by atoms with van der Waals surface area (Å²) < 4.78 is 5.81. The van der Waals surface area contributed by atoms with Gasteiger partial charge in [0.25, 0.3) is 0 Å². The molecule has 1 aromatic heterocycles. The largest absolute Gasteiger partial charge is 0.505 e. The fourth-order valence-electron chi connectivity index (χ4n) is 3.58. The number of hydrogen-bond acceptors (Lipinski definition) is 4. The number of fused-ring (bicyclic) bond motifs is 1. The van der Waals surface area contributed by atoms with Crippen molar-refractivity contribution >= 4 is 16.6 Å². The number of aromatic hydroxyl groups is 1. The zero-order valence-corrected chi connectivity index (χ0v) is 16.9. The van der Waals surface area contributed by atoms with Crippen molar-refractivity contribution in [2.24, 2.45) is 0 Å². The van der Waals surface area contributed by atoms with Gasteiger partial charge in [0.2, 0.25) is 0 Å². The Hall–Kier alpha value is -3.53. The first-order valence-electron chi connectivity index (χ1n) is 9.70. The Morgan fingerprint density at radius 2 is 1.66 bits per heavy atom. The van der Waals surface area contributed by atoms with Gasteiger partial charge in [-0.2, -0.15) is 0 Å². The highest BCUT2D eigenvalue weighted by Gasteiger charge is 2.17. The number of anilines is 1. The van der Waals surface area contributed by atoms with E-state index in [-0.39, 0.29) is 5.75 Å². The van der Waals surface area contributed by atoms with Crippen molar-refractivity contribution in [3.63, 3.8) is 0 Å². The number of nitrogens with zero attached hydrogens (tertiary/aromatic N) is 2. The maximum Gasteiger partial charge on any atom is 0.149 e. The van der Waals surface area contributed by atoms with Gasteiger partial charge in [0.05, 0.1) is 6.61 Å². The lowest BCUT2D eigenvalue weighted by Crippen LogP contribution is -2.07. The Labute approximate surface area is 171 Å². The second kappa shape index (κ2) is 7.84. The van der Waals surface area contributed by atoms with Gasteiger partial charge < -0.3 is 14.7 Å². The standard InChI is InChI=1S/C25H24N2O2/c1-4-29-23-10-6-5-8-19(23)22-16-21(17-11-13-18(14-12-17)27(2)3)20-9-7-15-26-24(20)25(22)28/h5-16,28H,4H2,1-3H3. The van der Waals surface area contributed by atoms with Crippen molar-refractivity contribution in [3.8, 4) is 33.8 Å². The van der Waals surface area contributed by atoms with Crippen LogP contribution < -0.4 is 9.64 Å². The number of rotatable bonds is 5. The van der Waals surface area contributed by atoms with Crippen LogP contribution >= 0.6 is 0 Å². The summed E-state index contributed by atoms with van der Waals surface area (Å²) in [6.07, 6.45) is 1.71. The Balaban J connectivity index is 1.97. The maximum absolute atomic E-state index is 11.1. The summed E-state index contributed by atoms with van der Waals surface area (Å²) in [5, 5.41) is 12.0. The van der Waals surface area contributed by atoms with Gasteiger partial charge in [0.15, 0.2) is 0 Å². The molecule has 0 radical (unpaired) electrons. The monoisotopic (exact) mass is 384 g/mol. The molecule has 4 aromatic rings. The third-order valence-electron chi connectivity index (χ3n) is 5.04. The van der Waals surface area contributed by atoms with Gasteiger partial charge in [-0.1, -0.05) is 36.4 Å². The van der Waals surface area contributed by atoms with Crippen LogP contribution in [0.4, 0.5) is 5.69 Å². The predicted molar refractivity (Wildman–Crippen MR) is 120 cm³/mol. The first-order chi connectivity index (χ1) is 14.1. The summed E-state index contributed by atoms with van der Waals surface area (Å²) in [6, 6.07) is 22.1. The Bertz CT molecular complexity index is 1150. The van der Waals surface area contributed by atoms with Crippen molar-refractivity contribution in [2.45, 2.75) is 6.92 Å². The fourth-order valence-corrected chi connectivity index (χ4v) is 3.58. The molecule has 4 heteroatoms. The zero-order chi connectivity index (χ0) is 20.4. The third kappa shape index (κ3) is 3.49. The molecular formula is C25H24N2O2. The predicted octanol–water partition coefficient (Wildman–Crippen LogP) is 5.74. The van der Waals surface area contributed by atoms with E-state index in [0.717, 1.165) is 33.5 Å². The number of phenols is 1. The molecule has 0 amide bonds. The van der Waals surface area contributed by atoms with Crippen molar-refractivity contribution in [3.05, 3.63) is 72.9 Å². The minimum absolute atomic E-state index is 0.168.